The van der Waals surface area contributed by atoms with Crippen LogP contribution in [0, 0.1) is 6.92 Å². The molecule has 4 N–H and O–H groups in total. The fourth-order valence-electron chi connectivity index (χ4n) is 5.31. The van der Waals surface area contributed by atoms with Crippen LogP contribution in [-0.2, 0) is 19.0 Å². The molecule has 0 saturated heterocycles. The Morgan fingerprint density at radius 2 is 1.75 bits per heavy atom. The number of fused-ring (bicyclic) bond motifs is 1. The zero-order valence-electron chi connectivity index (χ0n) is 22.4. The molecule has 5 rings (SSSR count). The molecule has 1 unspecified atom stereocenters. The Labute approximate surface area is 233 Å². The van der Waals surface area contributed by atoms with Gasteiger partial charge in [-0.25, -0.2) is 4.98 Å². The van der Waals surface area contributed by atoms with Crippen LogP contribution in [0.4, 0.5) is 19.0 Å². The van der Waals surface area contributed by atoms with E-state index in [1.807, 2.05) is 30.3 Å². The molecule has 0 spiro atoms. The standard InChI is InChI=1S/C33H33F3N4/c1-22-7-2-3-9-24(22)15-16-38-28(18-23-8-6-11-27(17-23)33(34,35)36)21-40-32-29-12-5-4-10-25(29)19-30(32)26-13-14-31(37)39-20-26/h2-14,17,19-20,28,32,38,40H,15-16,18,21H2,1H3,(H2,37,39)/t28-,32?/m0/s1. The third kappa shape index (κ3) is 6.61. The van der Waals surface area contributed by atoms with Crippen LogP contribution in [0.5, 0.6) is 0 Å². The number of pyridine rings is 1. The van der Waals surface area contributed by atoms with Crippen molar-refractivity contribution in [2.24, 2.45) is 0 Å². The third-order valence-electron chi connectivity index (χ3n) is 7.44. The maximum Gasteiger partial charge on any atom is 0.416 e. The van der Waals surface area contributed by atoms with E-state index in [4.69, 9.17) is 5.73 Å². The molecular weight excluding hydrogens is 509 g/mol. The van der Waals surface area contributed by atoms with Crippen LogP contribution in [0.3, 0.4) is 0 Å². The SMILES string of the molecule is Cc1ccccc1CCN[C@H](CNC1C(c2ccc(N)nc2)=Cc2ccccc21)Cc1cccc(C(F)(F)F)c1. The third-order valence-corrected chi connectivity index (χ3v) is 7.44. The van der Waals surface area contributed by atoms with Crippen LogP contribution in [0.15, 0.2) is 91.1 Å². The summed E-state index contributed by atoms with van der Waals surface area (Å²) in [6, 6.07) is 25.7. The van der Waals surface area contributed by atoms with Crippen molar-refractivity contribution in [3.63, 3.8) is 0 Å². The topological polar surface area (TPSA) is 63.0 Å². The average Bonchev–Trinajstić information content (AvgIpc) is 3.31. The van der Waals surface area contributed by atoms with Crippen LogP contribution in [0.2, 0.25) is 0 Å². The molecule has 40 heavy (non-hydrogen) atoms. The minimum absolute atomic E-state index is 0.0798. The van der Waals surface area contributed by atoms with Gasteiger partial charge in [0.2, 0.25) is 0 Å². The lowest BCUT2D eigenvalue weighted by molar-refractivity contribution is -0.137. The summed E-state index contributed by atoms with van der Waals surface area (Å²) in [5.41, 5.74) is 12.7. The van der Waals surface area contributed by atoms with E-state index in [1.165, 1.54) is 23.3 Å². The van der Waals surface area contributed by atoms with E-state index in [9.17, 15) is 13.2 Å². The second-order valence-electron chi connectivity index (χ2n) is 10.3. The van der Waals surface area contributed by atoms with Gasteiger partial charge in [0.1, 0.15) is 5.82 Å². The molecule has 206 valence electrons. The van der Waals surface area contributed by atoms with Crippen molar-refractivity contribution in [1.29, 1.82) is 0 Å². The highest BCUT2D eigenvalue weighted by molar-refractivity contribution is 5.91. The lowest BCUT2D eigenvalue weighted by Gasteiger charge is -2.25. The Balaban J connectivity index is 1.36. The van der Waals surface area contributed by atoms with Gasteiger partial charge in [0.25, 0.3) is 0 Å². The molecule has 2 atom stereocenters. The summed E-state index contributed by atoms with van der Waals surface area (Å²) in [5, 5.41) is 7.33. The maximum atomic E-state index is 13.4. The summed E-state index contributed by atoms with van der Waals surface area (Å²) in [6.45, 7) is 3.36. The molecule has 1 aliphatic rings. The minimum atomic E-state index is -4.37. The van der Waals surface area contributed by atoms with Gasteiger partial charge in [0, 0.05) is 18.8 Å². The molecule has 0 amide bonds. The molecule has 0 aliphatic heterocycles. The first-order chi connectivity index (χ1) is 19.3. The normalized spacial score (nSPS) is 15.5. The van der Waals surface area contributed by atoms with Crippen LogP contribution >= 0.6 is 0 Å². The van der Waals surface area contributed by atoms with Crippen molar-refractivity contribution in [2.45, 2.75) is 38.0 Å². The number of rotatable bonds is 10. The summed E-state index contributed by atoms with van der Waals surface area (Å²) in [7, 11) is 0. The van der Waals surface area contributed by atoms with Crippen molar-refractivity contribution in [3.8, 4) is 0 Å². The molecule has 1 aliphatic carbocycles. The zero-order chi connectivity index (χ0) is 28.1. The van der Waals surface area contributed by atoms with E-state index < -0.39 is 11.7 Å². The first kappa shape index (κ1) is 27.6. The number of aromatic nitrogens is 1. The summed E-state index contributed by atoms with van der Waals surface area (Å²) < 4.78 is 40.2. The number of benzene rings is 3. The van der Waals surface area contributed by atoms with Gasteiger partial charge in [0.05, 0.1) is 11.6 Å². The molecule has 0 saturated carbocycles. The minimum Gasteiger partial charge on any atom is -0.384 e. The van der Waals surface area contributed by atoms with Crippen molar-refractivity contribution >= 4 is 17.5 Å². The molecule has 1 aromatic heterocycles. The van der Waals surface area contributed by atoms with E-state index in [2.05, 4.69) is 52.9 Å². The number of alkyl halides is 3. The second kappa shape index (κ2) is 12.1. The maximum absolute atomic E-state index is 13.4. The van der Waals surface area contributed by atoms with Crippen molar-refractivity contribution < 1.29 is 13.2 Å². The second-order valence-corrected chi connectivity index (χ2v) is 10.3. The Hall–Kier alpha value is -3.94. The number of hydrogen-bond acceptors (Lipinski definition) is 4. The smallest absolute Gasteiger partial charge is 0.384 e. The van der Waals surface area contributed by atoms with Crippen molar-refractivity contribution in [1.82, 2.24) is 15.6 Å². The Morgan fingerprint density at radius 3 is 2.52 bits per heavy atom. The number of aryl methyl sites for hydroxylation is 1. The molecule has 4 nitrogen and oxygen atoms in total. The molecule has 4 aromatic rings. The van der Waals surface area contributed by atoms with Gasteiger partial charge in [-0.1, -0.05) is 66.7 Å². The summed E-state index contributed by atoms with van der Waals surface area (Å²) in [6.07, 6.45) is 0.861. The number of nitrogens with zero attached hydrogens (tertiary/aromatic N) is 1. The van der Waals surface area contributed by atoms with E-state index in [-0.39, 0.29) is 12.1 Å². The summed E-state index contributed by atoms with van der Waals surface area (Å²) in [4.78, 5) is 4.28. The predicted octanol–water partition coefficient (Wildman–Crippen LogP) is 6.62. The fourth-order valence-corrected chi connectivity index (χ4v) is 5.31. The number of halogens is 3. The number of anilines is 1. The Bertz CT molecular complexity index is 1480. The van der Waals surface area contributed by atoms with Crippen LogP contribution in [0.1, 0.15) is 45.0 Å². The molecule has 0 radical (unpaired) electrons. The molecule has 0 bridgehead atoms. The monoisotopic (exact) mass is 542 g/mol. The number of hydrogen-bond donors (Lipinski definition) is 3. The summed E-state index contributed by atoms with van der Waals surface area (Å²) in [5.74, 6) is 0.461. The number of nitrogens with one attached hydrogen (secondary N) is 2. The van der Waals surface area contributed by atoms with Gasteiger partial charge in [0.15, 0.2) is 0 Å². The highest BCUT2D eigenvalue weighted by Crippen LogP contribution is 2.40. The first-order valence-electron chi connectivity index (χ1n) is 13.5. The molecule has 1 heterocycles. The Morgan fingerprint density at radius 1 is 0.950 bits per heavy atom. The van der Waals surface area contributed by atoms with Gasteiger partial charge in [-0.2, -0.15) is 13.2 Å². The van der Waals surface area contributed by atoms with E-state index in [1.54, 1.807) is 18.3 Å². The molecular formula is C33H33F3N4. The van der Waals surface area contributed by atoms with Crippen molar-refractivity contribution in [2.75, 3.05) is 18.8 Å². The van der Waals surface area contributed by atoms with Gasteiger partial charge < -0.3 is 16.4 Å². The lowest BCUT2D eigenvalue weighted by atomic mass is 9.98. The van der Waals surface area contributed by atoms with Crippen molar-refractivity contribution in [3.05, 3.63) is 130 Å². The van der Waals surface area contributed by atoms with E-state index in [0.717, 1.165) is 34.8 Å². The van der Waals surface area contributed by atoms with E-state index >= 15 is 0 Å². The van der Waals surface area contributed by atoms with Gasteiger partial charge >= 0.3 is 6.18 Å². The largest absolute Gasteiger partial charge is 0.416 e. The highest BCUT2D eigenvalue weighted by atomic mass is 19.4. The zero-order valence-corrected chi connectivity index (χ0v) is 22.4. The molecule has 0 fully saturated rings. The Kier molecular flexibility index (Phi) is 8.33. The molecule has 3 aromatic carbocycles. The quantitative estimate of drug-likeness (QED) is 0.211. The van der Waals surface area contributed by atoms with Gasteiger partial charge in [-0.3, -0.25) is 0 Å². The first-order valence-corrected chi connectivity index (χ1v) is 13.5. The van der Waals surface area contributed by atoms with Gasteiger partial charge in [-0.15, -0.1) is 0 Å². The van der Waals surface area contributed by atoms with Crippen LogP contribution in [-0.4, -0.2) is 24.1 Å². The number of nitrogens with two attached hydrogens (primary N) is 1. The lowest BCUT2D eigenvalue weighted by Crippen LogP contribution is -2.42. The highest BCUT2D eigenvalue weighted by Gasteiger charge is 2.31. The average molecular weight is 543 g/mol. The van der Waals surface area contributed by atoms with Crippen LogP contribution < -0.4 is 16.4 Å². The molecule has 7 heteroatoms. The fraction of sp³-hybridized carbons (Fsp3) is 0.242. The van der Waals surface area contributed by atoms with E-state index in [0.29, 0.717) is 30.9 Å². The number of nitrogen functional groups attached to an aromatic ring is 1. The van der Waals surface area contributed by atoms with Gasteiger partial charge in [-0.05, 0) is 89.5 Å². The predicted molar refractivity (Wildman–Crippen MR) is 156 cm³/mol. The summed E-state index contributed by atoms with van der Waals surface area (Å²) >= 11 is 0. The van der Waals surface area contributed by atoms with Crippen LogP contribution in [0.25, 0.3) is 11.6 Å².